The van der Waals surface area contributed by atoms with Gasteiger partial charge in [-0.1, -0.05) is 18.2 Å². The van der Waals surface area contributed by atoms with Crippen LogP contribution in [0.3, 0.4) is 0 Å². The zero-order valence-corrected chi connectivity index (χ0v) is 9.38. The Hall–Kier alpha value is -1.39. The molecule has 0 fully saturated rings. The highest BCUT2D eigenvalue weighted by molar-refractivity contribution is 6.66. The van der Waals surface area contributed by atoms with E-state index in [-0.39, 0.29) is 6.54 Å². The van der Waals surface area contributed by atoms with Gasteiger partial charge in [-0.25, -0.2) is 0 Å². The van der Waals surface area contributed by atoms with Crippen molar-refractivity contribution in [3.05, 3.63) is 41.9 Å². The highest BCUT2D eigenvalue weighted by atomic mass is 19.4. The van der Waals surface area contributed by atoms with Gasteiger partial charge in [0.15, 0.2) is 0 Å². The Morgan fingerprint density at radius 3 is 2.38 bits per heavy atom. The Balaban J connectivity index is 2.78. The largest absolute Gasteiger partial charge is 0.506 e. The van der Waals surface area contributed by atoms with Crippen molar-refractivity contribution in [3.8, 4) is 0 Å². The molecule has 0 saturated heterocycles. The van der Waals surface area contributed by atoms with E-state index in [4.69, 9.17) is 0 Å². The van der Waals surface area contributed by atoms with Crippen LogP contribution in [-0.2, 0) is 0 Å². The van der Waals surface area contributed by atoms with Gasteiger partial charge in [0, 0.05) is 19.3 Å². The zero-order valence-electron chi connectivity index (χ0n) is 9.38. The monoisotopic (exact) mass is 228 g/mol. The van der Waals surface area contributed by atoms with Gasteiger partial charge in [0.1, 0.15) is 0 Å². The minimum absolute atomic E-state index is 0.186. The molecular formula is C11H14BF3N-. The molecule has 5 heteroatoms. The van der Waals surface area contributed by atoms with Crippen LogP contribution in [0, 0.1) is 6.92 Å². The van der Waals surface area contributed by atoms with Crippen LogP contribution in [0.1, 0.15) is 5.56 Å². The van der Waals surface area contributed by atoms with Crippen LogP contribution >= 0.6 is 0 Å². The van der Waals surface area contributed by atoms with Crippen LogP contribution in [0.25, 0.3) is 0 Å². The van der Waals surface area contributed by atoms with Crippen molar-refractivity contribution in [2.45, 2.75) is 6.92 Å². The SMILES string of the molecule is C=C(CN(C)c1ccccc1C)[B-](F)(F)F. The number of para-hydroxylation sites is 1. The van der Waals surface area contributed by atoms with Crippen molar-refractivity contribution in [2.24, 2.45) is 0 Å². The first-order valence-electron chi connectivity index (χ1n) is 4.96. The number of nitrogens with zero attached hydrogens (tertiary/aromatic N) is 1. The fourth-order valence-corrected chi connectivity index (χ4v) is 1.49. The number of rotatable bonds is 4. The third kappa shape index (κ3) is 3.05. The van der Waals surface area contributed by atoms with E-state index in [1.165, 1.54) is 0 Å². The molecule has 1 aromatic rings. The van der Waals surface area contributed by atoms with Gasteiger partial charge in [0.25, 0.3) is 0 Å². The van der Waals surface area contributed by atoms with Gasteiger partial charge in [0.2, 0.25) is 0 Å². The van der Waals surface area contributed by atoms with Crippen molar-refractivity contribution in [3.63, 3.8) is 0 Å². The zero-order chi connectivity index (χ0) is 12.3. The summed E-state index contributed by atoms with van der Waals surface area (Å²) in [5, 5.41) is 0. The molecule has 0 aliphatic rings. The van der Waals surface area contributed by atoms with Crippen molar-refractivity contribution in [2.75, 3.05) is 18.5 Å². The van der Waals surface area contributed by atoms with E-state index in [2.05, 4.69) is 6.58 Å². The fourth-order valence-electron chi connectivity index (χ4n) is 1.49. The van der Waals surface area contributed by atoms with Crippen molar-refractivity contribution >= 4 is 12.7 Å². The summed E-state index contributed by atoms with van der Waals surface area (Å²) < 4.78 is 37.1. The van der Waals surface area contributed by atoms with Gasteiger partial charge >= 0.3 is 6.98 Å². The molecule has 0 heterocycles. The van der Waals surface area contributed by atoms with Crippen LogP contribution in [-0.4, -0.2) is 20.6 Å². The molecular weight excluding hydrogens is 214 g/mol. The maximum atomic E-state index is 12.4. The lowest BCUT2D eigenvalue weighted by Crippen LogP contribution is -2.30. The lowest BCUT2D eigenvalue weighted by Gasteiger charge is -2.27. The van der Waals surface area contributed by atoms with E-state index >= 15 is 0 Å². The van der Waals surface area contributed by atoms with E-state index in [9.17, 15) is 12.9 Å². The maximum absolute atomic E-state index is 12.4. The summed E-state index contributed by atoms with van der Waals surface area (Å²) in [5.74, 6) is 0. The molecule has 0 amide bonds. The Bertz CT molecular complexity index is 387. The minimum Gasteiger partial charge on any atom is -0.445 e. The van der Waals surface area contributed by atoms with Crippen LogP contribution in [0.5, 0.6) is 0 Å². The third-order valence-electron chi connectivity index (χ3n) is 2.43. The predicted molar refractivity (Wildman–Crippen MR) is 62.7 cm³/mol. The molecule has 0 bridgehead atoms. The van der Waals surface area contributed by atoms with Gasteiger partial charge in [-0.15, -0.1) is 12.1 Å². The normalized spacial score (nSPS) is 11.3. The molecule has 16 heavy (non-hydrogen) atoms. The summed E-state index contributed by atoms with van der Waals surface area (Å²) >= 11 is 0. The van der Waals surface area contributed by atoms with Gasteiger partial charge in [-0.2, -0.15) is 0 Å². The first-order valence-corrected chi connectivity index (χ1v) is 4.96. The van der Waals surface area contributed by atoms with Gasteiger partial charge < -0.3 is 17.8 Å². The van der Waals surface area contributed by atoms with E-state index in [1.54, 1.807) is 24.1 Å². The highest BCUT2D eigenvalue weighted by Crippen LogP contribution is 2.23. The number of aryl methyl sites for hydroxylation is 1. The van der Waals surface area contributed by atoms with Crippen molar-refractivity contribution < 1.29 is 12.9 Å². The first kappa shape index (κ1) is 12.7. The van der Waals surface area contributed by atoms with Crippen LogP contribution < -0.4 is 4.90 Å². The molecule has 1 nitrogen and oxygen atoms in total. The predicted octanol–water partition coefficient (Wildman–Crippen LogP) is 3.37. The smallest absolute Gasteiger partial charge is 0.445 e. The number of anilines is 1. The molecule has 1 aromatic carbocycles. The average molecular weight is 228 g/mol. The molecule has 0 N–H and O–H groups in total. The summed E-state index contributed by atoms with van der Waals surface area (Å²) in [6.45, 7) is -0.182. The Kier molecular flexibility index (Phi) is 3.68. The summed E-state index contributed by atoms with van der Waals surface area (Å²) in [6, 6.07) is 7.33. The number of hydrogen-bond donors (Lipinski definition) is 0. The van der Waals surface area contributed by atoms with Crippen LogP contribution in [0.15, 0.2) is 36.3 Å². The molecule has 0 aliphatic carbocycles. The Labute approximate surface area is 93.6 Å². The van der Waals surface area contributed by atoms with Crippen molar-refractivity contribution in [1.82, 2.24) is 0 Å². The van der Waals surface area contributed by atoms with Crippen LogP contribution in [0.2, 0.25) is 0 Å². The van der Waals surface area contributed by atoms with E-state index in [0.29, 0.717) is 0 Å². The second-order valence-corrected chi connectivity index (χ2v) is 3.88. The van der Waals surface area contributed by atoms with Gasteiger partial charge in [0.05, 0.1) is 0 Å². The number of hydrogen-bond acceptors (Lipinski definition) is 1. The van der Waals surface area contributed by atoms with E-state index in [0.717, 1.165) is 11.3 Å². The lowest BCUT2D eigenvalue weighted by molar-refractivity contribution is 0.488. The summed E-state index contributed by atoms with van der Waals surface area (Å²) in [6.07, 6.45) is 0. The molecule has 0 unspecified atom stereocenters. The molecule has 0 saturated carbocycles. The van der Waals surface area contributed by atoms with E-state index in [1.807, 2.05) is 19.1 Å². The fraction of sp³-hybridized carbons (Fsp3) is 0.273. The molecule has 0 aliphatic heterocycles. The second-order valence-electron chi connectivity index (χ2n) is 3.88. The minimum atomic E-state index is -4.95. The molecule has 0 radical (unpaired) electrons. The Morgan fingerprint density at radius 2 is 1.88 bits per heavy atom. The van der Waals surface area contributed by atoms with Crippen molar-refractivity contribution in [1.29, 1.82) is 0 Å². The lowest BCUT2D eigenvalue weighted by atomic mass is 9.80. The average Bonchev–Trinajstić information content (AvgIpc) is 2.16. The van der Waals surface area contributed by atoms with Crippen LogP contribution in [0.4, 0.5) is 18.6 Å². The Morgan fingerprint density at radius 1 is 1.31 bits per heavy atom. The summed E-state index contributed by atoms with van der Waals surface area (Å²) in [7, 11) is 1.63. The summed E-state index contributed by atoms with van der Waals surface area (Å²) in [5.41, 5.74) is 1.07. The maximum Gasteiger partial charge on any atom is 0.506 e. The quantitative estimate of drug-likeness (QED) is 0.714. The first-order chi connectivity index (χ1) is 7.32. The number of halogens is 3. The third-order valence-corrected chi connectivity index (χ3v) is 2.43. The molecule has 0 spiro atoms. The highest BCUT2D eigenvalue weighted by Gasteiger charge is 2.27. The van der Waals surface area contributed by atoms with Gasteiger partial charge in [-0.05, 0) is 18.6 Å². The number of likely N-dealkylation sites (N-methyl/N-ethyl adjacent to an activating group) is 1. The second kappa shape index (κ2) is 4.64. The summed E-state index contributed by atoms with van der Waals surface area (Å²) in [4.78, 5) is 1.56. The molecule has 0 aromatic heterocycles. The van der Waals surface area contributed by atoms with Gasteiger partial charge in [-0.3, -0.25) is 0 Å². The molecule has 88 valence electrons. The standard InChI is InChI=1S/C11H14BF3N/c1-9-6-4-5-7-11(9)16(3)8-10(2)12(13,14)15/h4-7H,2,8H2,1,3H3/q-1. The number of benzene rings is 1. The van der Waals surface area contributed by atoms with E-state index < -0.39 is 12.4 Å². The topological polar surface area (TPSA) is 3.24 Å². The molecule has 1 rings (SSSR count). The molecule has 0 atom stereocenters.